The van der Waals surface area contributed by atoms with Crippen LogP contribution in [0.25, 0.3) is 21.8 Å². The number of H-pyrrole nitrogens is 1. The van der Waals surface area contributed by atoms with Crippen LogP contribution in [0.15, 0.2) is 48.5 Å². The summed E-state index contributed by atoms with van der Waals surface area (Å²) in [5.74, 6) is -0.476. The summed E-state index contributed by atoms with van der Waals surface area (Å²) < 4.78 is 13.6. The van der Waals surface area contributed by atoms with Crippen LogP contribution in [0.2, 0.25) is 0 Å². The maximum absolute atomic E-state index is 13.6. The molecular formula is C22H20FN3O. The van der Waals surface area contributed by atoms with Crippen molar-refractivity contribution in [3.63, 3.8) is 0 Å². The molecule has 2 aromatic carbocycles. The van der Waals surface area contributed by atoms with Crippen molar-refractivity contribution in [3.8, 4) is 0 Å². The lowest BCUT2D eigenvalue weighted by Crippen LogP contribution is -2.27. The van der Waals surface area contributed by atoms with Crippen molar-refractivity contribution in [1.29, 1.82) is 0 Å². The predicted molar refractivity (Wildman–Crippen MR) is 105 cm³/mol. The highest BCUT2D eigenvalue weighted by Gasteiger charge is 2.18. The average Bonchev–Trinajstić information content (AvgIpc) is 2.96. The summed E-state index contributed by atoms with van der Waals surface area (Å²) in [6.45, 7) is 4.33. The van der Waals surface area contributed by atoms with Gasteiger partial charge in [0.15, 0.2) is 0 Å². The number of rotatable bonds is 3. The van der Waals surface area contributed by atoms with E-state index in [1.54, 1.807) is 24.1 Å². The Morgan fingerprint density at radius 2 is 1.89 bits per heavy atom. The van der Waals surface area contributed by atoms with Crippen molar-refractivity contribution >= 4 is 27.7 Å². The summed E-state index contributed by atoms with van der Waals surface area (Å²) in [6, 6.07) is 14.2. The van der Waals surface area contributed by atoms with Gasteiger partial charge < -0.3 is 9.88 Å². The number of fused-ring (bicyclic) bond motifs is 2. The number of benzene rings is 2. The highest BCUT2D eigenvalue weighted by Crippen LogP contribution is 2.24. The number of aromatic nitrogens is 2. The third kappa shape index (κ3) is 3.05. The van der Waals surface area contributed by atoms with Gasteiger partial charge in [-0.1, -0.05) is 18.2 Å². The lowest BCUT2D eigenvalue weighted by atomic mass is 10.1. The third-order valence-corrected chi connectivity index (χ3v) is 4.94. The van der Waals surface area contributed by atoms with Gasteiger partial charge in [-0.2, -0.15) is 0 Å². The fourth-order valence-corrected chi connectivity index (χ4v) is 3.52. The number of halogens is 1. The van der Waals surface area contributed by atoms with Crippen LogP contribution in [0.1, 0.15) is 27.3 Å². The Hall–Kier alpha value is -3.21. The molecule has 2 aromatic heterocycles. The number of pyridine rings is 1. The first kappa shape index (κ1) is 17.2. The largest absolute Gasteiger partial charge is 0.357 e. The van der Waals surface area contributed by atoms with Crippen LogP contribution >= 0.6 is 0 Å². The molecule has 2 heterocycles. The molecule has 0 saturated heterocycles. The first-order valence-corrected chi connectivity index (χ1v) is 8.82. The van der Waals surface area contributed by atoms with E-state index in [0.29, 0.717) is 28.7 Å². The highest BCUT2D eigenvalue weighted by molar-refractivity contribution is 6.06. The van der Waals surface area contributed by atoms with Gasteiger partial charge in [-0.3, -0.25) is 9.78 Å². The van der Waals surface area contributed by atoms with Crippen molar-refractivity contribution in [2.75, 3.05) is 7.05 Å². The van der Waals surface area contributed by atoms with Gasteiger partial charge in [-0.05, 0) is 43.7 Å². The topological polar surface area (TPSA) is 49.0 Å². The van der Waals surface area contributed by atoms with E-state index in [4.69, 9.17) is 0 Å². The Labute approximate surface area is 156 Å². The molecule has 0 atom stereocenters. The van der Waals surface area contributed by atoms with Gasteiger partial charge in [0.2, 0.25) is 0 Å². The molecule has 0 saturated carbocycles. The summed E-state index contributed by atoms with van der Waals surface area (Å²) >= 11 is 0. The molecule has 0 unspecified atom stereocenters. The number of nitrogens with zero attached hydrogens (tertiary/aromatic N) is 2. The lowest BCUT2D eigenvalue weighted by Gasteiger charge is -2.18. The van der Waals surface area contributed by atoms with E-state index in [9.17, 15) is 9.18 Å². The third-order valence-electron chi connectivity index (χ3n) is 4.94. The van der Waals surface area contributed by atoms with Crippen LogP contribution in [-0.2, 0) is 6.54 Å². The van der Waals surface area contributed by atoms with E-state index in [1.165, 1.54) is 12.1 Å². The Kier molecular flexibility index (Phi) is 4.15. The smallest absolute Gasteiger partial charge is 0.254 e. The number of hydrogen-bond acceptors (Lipinski definition) is 2. The van der Waals surface area contributed by atoms with Crippen LogP contribution in [0, 0.1) is 19.7 Å². The number of hydrogen-bond donors (Lipinski definition) is 1. The summed E-state index contributed by atoms with van der Waals surface area (Å²) in [6.07, 6.45) is 0. The zero-order valence-electron chi connectivity index (χ0n) is 15.5. The van der Waals surface area contributed by atoms with Gasteiger partial charge in [-0.25, -0.2) is 4.39 Å². The maximum atomic E-state index is 13.6. The number of amides is 1. The molecule has 0 bridgehead atoms. The van der Waals surface area contributed by atoms with Crippen LogP contribution in [0.3, 0.4) is 0 Å². The molecular weight excluding hydrogens is 341 g/mol. The minimum Gasteiger partial charge on any atom is -0.357 e. The standard InChI is InChI=1S/C22H20FN3O/c1-13-10-18(17-9-8-15(23)11-20(17)24-13)22(27)26(3)12-21-14(2)16-6-4-5-7-19(16)25-21/h4-11,25H,12H2,1-3H3. The minimum atomic E-state index is -0.360. The first-order valence-electron chi connectivity index (χ1n) is 8.82. The van der Waals surface area contributed by atoms with Crippen molar-refractivity contribution in [3.05, 3.63) is 76.9 Å². The van der Waals surface area contributed by atoms with Crippen LogP contribution in [0.4, 0.5) is 4.39 Å². The van der Waals surface area contributed by atoms with Crippen molar-refractivity contribution in [2.24, 2.45) is 0 Å². The Bertz CT molecular complexity index is 1170. The molecule has 0 spiro atoms. The first-order chi connectivity index (χ1) is 12.9. The molecule has 5 heteroatoms. The molecule has 4 aromatic rings. The molecule has 0 aliphatic heterocycles. The molecule has 1 N–H and O–H groups in total. The van der Waals surface area contributed by atoms with Crippen LogP contribution in [-0.4, -0.2) is 27.8 Å². The quantitative estimate of drug-likeness (QED) is 0.573. The molecule has 4 rings (SSSR count). The van der Waals surface area contributed by atoms with E-state index < -0.39 is 0 Å². The second-order valence-electron chi connectivity index (χ2n) is 6.91. The van der Waals surface area contributed by atoms with Crippen LogP contribution in [0.5, 0.6) is 0 Å². The fourth-order valence-electron chi connectivity index (χ4n) is 3.52. The van der Waals surface area contributed by atoms with E-state index in [0.717, 1.165) is 22.2 Å². The second-order valence-corrected chi connectivity index (χ2v) is 6.91. The number of aromatic amines is 1. The molecule has 4 nitrogen and oxygen atoms in total. The monoisotopic (exact) mass is 361 g/mol. The normalized spacial score (nSPS) is 11.3. The summed E-state index contributed by atoms with van der Waals surface area (Å²) in [5, 5.41) is 1.82. The average molecular weight is 361 g/mol. The van der Waals surface area contributed by atoms with Crippen molar-refractivity contribution in [1.82, 2.24) is 14.9 Å². The lowest BCUT2D eigenvalue weighted by molar-refractivity contribution is 0.0785. The Balaban J connectivity index is 1.70. The molecule has 136 valence electrons. The van der Waals surface area contributed by atoms with Gasteiger partial charge in [0.25, 0.3) is 5.91 Å². The van der Waals surface area contributed by atoms with Gasteiger partial charge >= 0.3 is 0 Å². The molecule has 27 heavy (non-hydrogen) atoms. The zero-order valence-corrected chi connectivity index (χ0v) is 15.5. The van der Waals surface area contributed by atoms with Crippen LogP contribution < -0.4 is 0 Å². The molecule has 0 aliphatic carbocycles. The highest BCUT2D eigenvalue weighted by atomic mass is 19.1. The second kappa shape index (κ2) is 6.50. The Morgan fingerprint density at radius 3 is 2.67 bits per heavy atom. The van der Waals surface area contributed by atoms with E-state index in [2.05, 4.69) is 23.0 Å². The Morgan fingerprint density at radius 1 is 1.11 bits per heavy atom. The van der Waals surface area contributed by atoms with Crippen molar-refractivity contribution in [2.45, 2.75) is 20.4 Å². The molecule has 0 fully saturated rings. The number of carbonyl (C=O) groups is 1. The minimum absolute atomic E-state index is 0.116. The van der Waals surface area contributed by atoms with E-state index in [-0.39, 0.29) is 11.7 Å². The summed E-state index contributed by atoms with van der Waals surface area (Å²) in [7, 11) is 1.78. The van der Waals surface area contributed by atoms with Gasteiger partial charge in [0.1, 0.15) is 5.82 Å². The van der Waals surface area contributed by atoms with Gasteiger partial charge in [0, 0.05) is 40.8 Å². The zero-order chi connectivity index (χ0) is 19.1. The van der Waals surface area contributed by atoms with E-state index >= 15 is 0 Å². The molecule has 0 aliphatic rings. The van der Waals surface area contributed by atoms with Crippen molar-refractivity contribution < 1.29 is 9.18 Å². The number of para-hydroxylation sites is 1. The summed E-state index contributed by atoms with van der Waals surface area (Å²) in [5.41, 5.74) is 4.93. The predicted octanol–water partition coefficient (Wildman–Crippen LogP) is 4.74. The molecule has 1 amide bonds. The molecule has 0 radical (unpaired) electrons. The number of nitrogens with one attached hydrogen (secondary N) is 1. The van der Waals surface area contributed by atoms with Gasteiger partial charge in [-0.15, -0.1) is 0 Å². The fraction of sp³-hybridized carbons (Fsp3) is 0.182. The number of aryl methyl sites for hydroxylation is 2. The number of carbonyl (C=O) groups excluding carboxylic acids is 1. The van der Waals surface area contributed by atoms with Gasteiger partial charge in [0.05, 0.1) is 17.6 Å². The maximum Gasteiger partial charge on any atom is 0.254 e. The van der Waals surface area contributed by atoms with E-state index in [1.807, 2.05) is 25.1 Å². The summed E-state index contributed by atoms with van der Waals surface area (Å²) in [4.78, 5) is 22.5. The SMILES string of the molecule is Cc1cc(C(=O)N(C)Cc2[nH]c3ccccc3c2C)c2ccc(F)cc2n1.